The second-order valence-electron chi connectivity index (χ2n) is 6.67. The van der Waals surface area contributed by atoms with Crippen molar-refractivity contribution in [2.45, 2.75) is 50.6 Å². The first-order valence-corrected chi connectivity index (χ1v) is 8.74. The van der Waals surface area contributed by atoms with Gasteiger partial charge in [-0.2, -0.15) is 0 Å². The highest BCUT2D eigenvalue weighted by Crippen LogP contribution is 2.18. The predicted molar refractivity (Wildman–Crippen MR) is 89.2 cm³/mol. The lowest BCUT2D eigenvalue weighted by Crippen LogP contribution is -2.50. The second kappa shape index (κ2) is 7.64. The maximum Gasteiger partial charge on any atom is 0.315 e. The number of nitrogens with one attached hydrogen (secondary N) is 2. The molecule has 3 amide bonds. The predicted octanol–water partition coefficient (Wildman–Crippen LogP) is 2.67. The Morgan fingerprint density at radius 2 is 1.46 bits per heavy atom. The van der Waals surface area contributed by atoms with Gasteiger partial charge in [0.2, 0.25) is 0 Å². The van der Waals surface area contributed by atoms with Crippen molar-refractivity contribution in [2.24, 2.45) is 0 Å². The van der Waals surface area contributed by atoms with Crippen molar-refractivity contribution in [1.29, 1.82) is 0 Å². The van der Waals surface area contributed by atoms with Crippen molar-refractivity contribution in [3.63, 3.8) is 0 Å². The van der Waals surface area contributed by atoms with Crippen LogP contribution in [0.4, 0.5) is 9.18 Å². The van der Waals surface area contributed by atoms with E-state index in [1.165, 1.54) is 37.1 Å². The summed E-state index contributed by atoms with van der Waals surface area (Å²) in [6.45, 7) is 1.20. The van der Waals surface area contributed by atoms with Crippen LogP contribution in [0.2, 0.25) is 0 Å². The van der Waals surface area contributed by atoms with Gasteiger partial charge in [-0.3, -0.25) is 4.79 Å². The first kappa shape index (κ1) is 16.7. The van der Waals surface area contributed by atoms with Gasteiger partial charge in [-0.05, 0) is 49.9 Å². The minimum absolute atomic E-state index is 0.0798. The van der Waals surface area contributed by atoms with Crippen LogP contribution in [0.5, 0.6) is 0 Å². The maximum atomic E-state index is 12.9. The van der Waals surface area contributed by atoms with Gasteiger partial charge in [-0.15, -0.1) is 0 Å². The van der Waals surface area contributed by atoms with E-state index < -0.39 is 0 Å². The minimum atomic E-state index is -0.345. The molecule has 5 nitrogen and oxygen atoms in total. The molecule has 1 saturated carbocycles. The average Bonchev–Trinajstić information content (AvgIpc) is 3.08. The lowest BCUT2D eigenvalue weighted by atomic mass is 10.0. The molecule has 0 aromatic heterocycles. The summed E-state index contributed by atoms with van der Waals surface area (Å²) in [5.74, 6) is -0.424. The molecule has 2 aliphatic rings. The first-order valence-electron chi connectivity index (χ1n) is 8.74. The number of piperidine rings is 1. The molecule has 2 fully saturated rings. The Morgan fingerprint density at radius 1 is 0.917 bits per heavy atom. The van der Waals surface area contributed by atoms with E-state index in [-0.39, 0.29) is 23.8 Å². The Morgan fingerprint density at radius 3 is 2.04 bits per heavy atom. The topological polar surface area (TPSA) is 61.4 Å². The second-order valence-corrected chi connectivity index (χ2v) is 6.67. The molecule has 1 aliphatic carbocycles. The van der Waals surface area contributed by atoms with Crippen LogP contribution in [0.25, 0.3) is 0 Å². The fourth-order valence-electron chi connectivity index (χ4n) is 3.48. The van der Waals surface area contributed by atoms with Crippen LogP contribution in [0.15, 0.2) is 24.3 Å². The molecular formula is C18H24FN3O2. The summed E-state index contributed by atoms with van der Waals surface area (Å²) in [7, 11) is 0. The van der Waals surface area contributed by atoms with Crippen LogP contribution in [0, 0.1) is 5.82 Å². The quantitative estimate of drug-likeness (QED) is 0.893. The van der Waals surface area contributed by atoms with E-state index in [0.717, 1.165) is 25.7 Å². The van der Waals surface area contributed by atoms with Gasteiger partial charge in [0.05, 0.1) is 0 Å². The zero-order valence-corrected chi connectivity index (χ0v) is 13.8. The Kier molecular flexibility index (Phi) is 5.33. The van der Waals surface area contributed by atoms with Crippen LogP contribution >= 0.6 is 0 Å². The van der Waals surface area contributed by atoms with Gasteiger partial charge in [0.15, 0.2) is 0 Å². The highest BCUT2D eigenvalue weighted by Gasteiger charge is 2.25. The molecule has 0 atom stereocenters. The zero-order valence-electron chi connectivity index (χ0n) is 13.8. The largest absolute Gasteiger partial charge is 0.338 e. The molecule has 1 aromatic rings. The van der Waals surface area contributed by atoms with E-state index in [1.807, 2.05) is 0 Å². The van der Waals surface area contributed by atoms with Crippen LogP contribution < -0.4 is 10.6 Å². The van der Waals surface area contributed by atoms with Crippen LogP contribution in [-0.2, 0) is 0 Å². The maximum absolute atomic E-state index is 12.9. The lowest BCUT2D eigenvalue weighted by Gasteiger charge is -2.32. The molecule has 24 heavy (non-hydrogen) atoms. The summed E-state index contributed by atoms with van der Waals surface area (Å²) in [4.78, 5) is 26.1. The number of nitrogens with zero attached hydrogens (tertiary/aromatic N) is 1. The molecule has 0 spiro atoms. The van der Waals surface area contributed by atoms with Gasteiger partial charge in [-0.25, -0.2) is 9.18 Å². The summed E-state index contributed by atoms with van der Waals surface area (Å²) in [5.41, 5.74) is 0.502. The van der Waals surface area contributed by atoms with E-state index in [1.54, 1.807) is 4.90 Å². The molecule has 130 valence electrons. The number of halogens is 1. The monoisotopic (exact) mass is 333 g/mol. The summed E-state index contributed by atoms with van der Waals surface area (Å²) in [6.07, 6.45) is 6.00. The van der Waals surface area contributed by atoms with Crippen molar-refractivity contribution in [3.8, 4) is 0 Å². The summed E-state index contributed by atoms with van der Waals surface area (Å²) >= 11 is 0. The van der Waals surface area contributed by atoms with E-state index >= 15 is 0 Å². The number of carbonyl (C=O) groups is 2. The molecule has 6 heteroatoms. The fourth-order valence-corrected chi connectivity index (χ4v) is 3.48. The minimum Gasteiger partial charge on any atom is -0.338 e. The Balaban J connectivity index is 1.44. The van der Waals surface area contributed by atoms with Gasteiger partial charge in [-0.1, -0.05) is 12.8 Å². The van der Waals surface area contributed by atoms with Gasteiger partial charge >= 0.3 is 6.03 Å². The highest BCUT2D eigenvalue weighted by atomic mass is 19.1. The highest BCUT2D eigenvalue weighted by molar-refractivity contribution is 5.94. The zero-order chi connectivity index (χ0) is 16.9. The molecule has 0 radical (unpaired) electrons. The molecule has 0 bridgehead atoms. The number of likely N-dealkylation sites (tertiary alicyclic amines) is 1. The number of hydrogen-bond acceptors (Lipinski definition) is 2. The fraction of sp³-hybridized carbons (Fsp3) is 0.556. The van der Waals surface area contributed by atoms with Crippen LogP contribution in [0.1, 0.15) is 48.9 Å². The Bertz CT molecular complexity index is 576. The molecule has 0 unspecified atom stereocenters. The molecule has 1 aliphatic heterocycles. The van der Waals surface area contributed by atoms with Gasteiger partial charge in [0.25, 0.3) is 5.91 Å². The normalized spacial score (nSPS) is 19.3. The Labute approximate surface area is 141 Å². The first-order chi connectivity index (χ1) is 11.6. The van der Waals surface area contributed by atoms with Crippen molar-refractivity contribution >= 4 is 11.9 Å². The van der Waals surface area contributed by atoms with Crippen molar-refractivity contribution in [3.05, 3.63) is 35.6 Å². The third-order valence-corrected chi connectivity index (χ3v) is 4.90. The summed E-state index contributed by atoms with van der Waals surface area (Å²) in [5, 5.41) is 6.04. The van der Waals surface area contributed by atoms with Gasteiger partial charge < -0.3 is 15.5 Å². The number of amides is 3. The SMILES string of the molecule is O=C(NC1CCCC1)NC1CCN(C(=O)c2ccc(F)cc2)CC1. The molecule has 2 N–H and O–H groups in total. The third-order valence-electron chi connectivity index (χ3n) is 4.90. The smallest absolute Gasteiger partial charge is 0.315 e. The number of benzene rings is 1. The van der Waals surface area contributed by atoms with Gasteiger partial charge in [0.1, 0.15) is 5.82 Å². The van der Waals surface area contributed by atoms with E-state index in [4.69, 9.17) is 0 Å². The lowest BCUT2D eigenvalue weighted by molar-refractivity contribution is 0.0708. The summed E-state index contributed by atoms with van der Waals surface area (Å²) in [6, 6.07) is 5.94. The van der Waals surface area contributed by atoms with Gasteiger partial charge in [0, 0.05) is 30.7 Å². The summed E-state index contributed by atoms with van der Waals surface area (Å²) < 4.78 is 12.9. The number of rotatable bonds is 3. The van der Waals surface area contributed by atoms with Crippen molar-refractivity contribution in [2.75, 3.05) is 13.1 Å². The molecule has 3 rings (SSSR count). The van der Waals surface area contributed by atoms with Crippen LogP contribution in [0.3, 0.4) is 0 Å². The van der Waals surface area contributed by atoms with E-state index in [0.29, 0.717) is 24.7 Å². The number of hydrogen-bond donors (Lipinski definition) is 2. The standard InChI is InChI=1S/C18H24FN3O2/c19-14-7-5-13(6-8-14)17(23)22-11-9-16(10-12-22)21-18(24)20-15-3-1-2-4-15/h5-8,15-16H,1-4,9-12H2,(H2,20,21,24). The van der Waals surface area contributed by atoms with E-state index in [9.17, 15) is 14.0 Å². The third kappa shape index (κ3) is 4.24. The molecule has 1 aromatic carbocycles. The Hall–Kier alpha value is -2.11. The molecule has 1 heterocycles. The average molecular weight is 333 g/mol. The molecular weight excluding hydrogens is 309 g/mol. The molecule has 1 saturated heterocycles. The number of carbonyl (C=O) groups excluding carboxylic acids is 2. The van der Waals surface area contributed by atoms with E-state index in [2.05, 4.69) is 10.6 Å². The number of urea groups is 1. The van der Waals surface area contributed by atoms with Crippen molar-refractivity contribution < 1.29 is 14.0 Å². The van der Waals surface area contributed by atoms with Crippen LogP contribution in [-0.4, -0.2) is 42.0 Å². The van der Waals surface area contributed by atoms with Crippen molar-refractivity contribution in [1.82, 2.24) is 15.5 Å².